The molecule has 0 saturated carbocycles. The zero-order chi connectivity index (χ0) is 17.1. The summed E-state index contributed by atoms with van der Waals surface area (Å²) in [5.41, 5.74) is 1.86. The molecule has 0 saturated heterocycles. The molecular formula is C16H19F2N3O2. The van der Waals surface area contributed by atoms with Crippen molar-refractivity contribution in [2.45, 2.75) is 33.4 Å². The molecule has 7 heteroatoms. The monoisotopic (exact) mass is 323 g/mol. The lowest BCUT2D eigenvalue weighted by atomic mass is 10.1. The van der Waals surface area contributed by atoms with Gasteiger partial charge >= 0.3 is 6.55 Å². The number of aromatic nitrogens is 2. The van der Waals surface area contributed by atoms with Crippen molar-refractivity contribution in [3.63, 3.8) is 0 Å². The molecule has 0 atom stereocenters. The molecule has 1 amide bonds. The van der Waals surface area contributed by atoms with Crippen molar-refractivity contribution >= 4 is 5.91 Å². The van der Waals surface area contributed by atoms with Crippen LogP contribution in [0.5, 0.6) is 5.75 Å². The van der Waals surface area contributed by atoms with Crippen molar-refractivity contribution in [1.82, 2.24) is 14.7 Å². The lowest BCUT2D eigenvalue weighted by molar-refractivity contribution is -0.129. The fourth-order valence-electron chi connectivity index (χ4n) is 2.42. The Morgan fingerprint density at radius 3 is 2.57 bits per heavy atom. The maximum absolute atomic E-state index is 12.8. The Morgan fingerprint density at radius 2 is 2.00 bits per heavy atom. The molecule has 0 aliphatic rings. The number of carbonyl (C=O) groups is 1. The van der Waals surface area contributed by atoms with E-state index >= 15 is 0 Å². The molecule has 1 aromatic heterocycles. The molecule has 1 heterocycles. The zero-order valence-corrected chi connectivity index (χ0v) is 13.3. The van der Waals surface area contributed by atoms with Crippen LogP contribution in [0.25, 0.3) is 0 Å². The van der Waals surface area contributed by atoms with Crippen LogP contribution in [0.3, 0.4) is 0 Å². The summed E-state index contributed by atoms with van der Waals surface area (Å²) in [6.45, 7) is 0.651. The largest absolute Gasteiger partial charge is 0.508 e. The van der Waals surface area contributed by atoms with Crippen molar-refractivity contribution < 1.29 is 18.7 Å². The van der Waals surface area contributed by atoms with E-state index in [1.165, 1.54) is 11.8 Å². The van der Waals surface area contributed by atoms with Crippen LogP contribution in [0.4, 0.5) is 8.78 Å². The number of rotatable bonds is 5. The highest BCUT2D eigenvalue weighted by Gasteiger charge is 2.21. The standard InChI is InChI=1S/C16H19F2N3O2/c1-10-13(11(2)21(19-10)16(17)18)8-15(23)20(3)9-12-6-4-5-7-14(12)22/h4-7,16,22H,8-9H2,1-3H3. The van der Waals surface area contributed by atoms with Gasteiger partial charge in [-0.15, -0.1) is 0 Å². The Kier molecular flexibility index (Phi) is 4.98. The van der Waals surface area contributed by atoms with E-state index < -0.39 is 6.55 Å². The fraction of sp³-hybridized carbons (Fsp3) is 0.375. The minimum Gasteiger partial charge on any atom is -0.508 e. The summed E-state index contributed by atoms with van der Waals surface area (Å²) in [5.74, 6) is -0.113. The molecule has 0 fully saturated rings. The number of para-hydroxylation sites is 1. The van der Waals surface area contributed by atoms with Gasteiger partial charge in [0.2, 0.25) is 5.91 Å². The van der Waals surface area contributed by atoms with Gasteiger partial charge in [0, 0.05) is 30.4 Å². The Labute approximate surface area is 133 Å². The molecule has 23 heavy (non-hydrogen) atoms. The second-order valence-corrected chi connectivity index (χ2v) is 5.43. The van der Waals surface area contributed by atoms with E-state index in [-0.39, 0.29) is 24.6 Å². The van der Waals surface area contributed by atoms with Crippen LogP contribution in [0.1, 0.15) is 29.1 Å². The first-order valence-corrected chi connectivity index (χ1v) is 7.14. The third-order valence-corrected chi connectivity index (χ3v) is 3.81. The number of phenolic OH excluding ortho intramolecular Hbond substituents is 1. The third-order valence-electron chi connectivity index (χ3n) is 3.81. The highest BCUT2D eigenvalue weighted by molar-refractivity contribution is 5.79. The van der Waals surface area contributed by atoms with Crippen LogP contribution in [-0.2, 0) is 17.8 Å². The lowest BCUT2D eigenvalue weighted by Crippen LogP contribution is -2.28. The second-order valence-electron chi connectivity index (χ2n) is 5.43. The summed E-state index contributed by atoms with van der Waals surface area (Å²) in [7, 11) is 1.61. The number of nitrogens with zero attached hydrogens (tertiary/aromatic N) is 3. The van der Waals surface area contributed by atoms with Crippen LogP contribution in [0.15, 0.2) is 24.3 Å². The molecule has 0 unspecified atom stereocenters. The van der Waals surface area contributed by atoms with Crippen molar-refractivity contribution in [2.75, 3.05) is 7.05 Å². The van der Waals surface area contributed by atoms with Crippen LogP contribution in [0.2, 0.25) is 0 Å². The number of benzene rings is 1. The molecule has 1 N–H and O–H groups in total. The van der Waals surface area contributed by atoms with Crippen molar-refractivity contribution in [3.8, 4) is 5.75 Å². The number of aryl methyl sites for hydroxylation is 1. The molecule has 1 aromatic carbocycles. The molecule has 0 radical (unpaired) electrons. The minimum absolute atomic E-state index is 0.00547. The maximum atomic E-state index is 12.8. The van der Waals surface area contributed by atoms with Gasteiger partial charge in [-0.1, -0.05) is 18.2 Å². The van der Waals surface area contributed by atoms with E-state index in [1.807, 2.05) is 0 Å². The average molecular weight is 323 g/mol. The molecule has 0 spiro atoms. The number of carbonyl (C=O) groups excluding carboxylic acids is 1. The Hall–Kier alpha value is -2.44. The summed E-state index contributed by atoms with van der Waals surface area (Å²) >= 11 is 0. The summed E-state index contributed by atoms with van der Waals surface area (Å²) in [6.07, 6.45) is -0.00547. The quantitative estimate of drug-likeness (QED) is 0.920. The van der Waals surface area contributed by atoms with E-state index in [4.69, 9.17) is 0 Å². The predicted molar refractivity (Wildman–Crippen MR) is 81.2 cm³/mol. The topological polar surface area (TPSA) is 58.4 Å². The average Bonchev–Trinajstić information content (AvgIpc) is 2.77. The number of hydrogen-bond acceptors (Lipinski definition) is 3. The van der Waals surface area contributed by atoms with Gasteiger partial charge in [-0.3, -0.25) is 4.79 Å². The number of amides is 1. The first kappa shape index (κ1) is 16.9. The summed E-state index contributed by atoms with van der Waals surface area (Å²) in [5, 5.41) is 13.5. The van der Waals surface area contributed by atoms with Crippen LogP contribution < -0.4 is 0 Å². The Bertz CT molecular complexity index is 713. The minimum atomic E-state index is -2.73. The first-order chi connectivity index (χ1) is 10.8. The Balaban J connectivity index is 2.12. The van der Waals surface area contributed by atoms with Gasteiger partial charge in [0.05, 0.1) is 12.1 Å². The normalized spacial score (nSPS) is 11.0. The number of hydrogen-bond donors (Lipinski definition) is 1. The molecule has 124 valence electrons. The highest BCUT2D eigenvalue weighted by Crippen LogP contribution is 2.21. The molecular weight excluding hydrogens is 304 g/mol. The van der Waals surface area contributed by atoms with E-state index in [2.05, 4.69) is 5.10 Å². The van der Waals surface area contributed by atoms with Gasteiger partial charge in [-0.2, -0.15) is 13.9 Å². The van der Waals surface area contributed by atoms with Crippen molar-refractivity contribution in [1.29, 1.82) is 0 Å². The summed E-state index contributed by atoms with van der Waals surface area (Å²) in [6, 6.07) is 6.75. The van der Waals surface area contributed by atoms with Crippen LogP contribution in [0, 0.1) is 13.8 Å². The van der Waals surface area contributed by atoms with Crippen LogP contribution in [-0.4, -0.2) is 32.7 Å². The van der Waals surface area contributed by atoms with Crippen molar-refractivity contribution in [3.05, 3.63) is 46.8 Å². The van der Waals surface area contributed by atoms with E-state index in [1.54, 1.807) is 38.2 Å². The summed E-state index contributed by atoms with van der Waals surface area (Å²) in [4.78, 5) is 13.8. The van der Waals surface area contributed by atoms with E-state index in [9.17, 15) is 18.7 Å². The second kappa shape index (κ2) is 6.76. The first-order valence-electron chi connectivity index (χ1n) is 7.14. The fourth-order valence-corrected chi connectivity index (χ4v) is 2.42. The number of halogens is 2. The van der Waals surface area contributed by atoms with Gasteiger partial charge in [0.1, 0.15) is 5.75 Å². The van der Waals surface area contributed by atoms with Gasteiger partial charge < -0.3 is 10.0 Å². The molecule has 2 aromatic rings. The molecule has 0 aliphatic carbocycles. The van der Waals surface area contributed by atoms with Gasteiger partial charge in [0.25, 0.3) is 0 Å². The number of aromatic hydroxyl groups is 1. The van der Waals surface area contributed by atoms with E-state index in [0.29, 0.717) is 27.2 Å². The van der Waals surface area contributed by atoms with Gasteiger partial charge in [-0.25, -0.2) is 4.68 Å². The Morgan fingerprint density at radius 1 is 1.35 bits per heavy atom. The summed E-state index contributed by atoms with van der Waals surface area (Å²) < 4.78 is 26.3. The maximum Gasteiger partial charge on any atom is 0.333 e. The SMILES string of the molecule is Cc1nn(C(F)F)c(C)c1CC(=O)N(C)Cc1ccccc1O. The smallest absolute Gasteiger partial charge is 0.333 e. The molecule has 0 aliphatic heterocycles. The van der Waals surface area contributed by atoms with E-state index in [0.717, 1.165) is 0 Å². The molecule has 5 nitrogen and oxygen atoms in total. The lowest BCUT2D eigenvalue weighted by Gasteiger charge is -2.18. The zero-order valence-electron chi connectivity index (χ0n) is 13.3. The number of phenols is 1. The highest BCUT2D eigenvalue weighted by atomic mass is 19.3. The van der Waals surface area contributed by atoms with Crippen molar-refractivity contribution in [2.24, 2.45) is 0 Å². The predicted octanol–water partition coefficient (Wildman–Crippen LogP) is 2.80. The van der Waals surface area contributed by atoms with Gasteiger partial charge in [0.15, 0.2) is 0 Å². The number of likely N-dealkylation sites (N-methyl/N-ethyl adjacent to an activating group) is 1. The third kappa shape index (κ3) is 3.67. The van der Waals surface area contributed by atoms with Gasteiger partial charge in [-0.05, 0) is 19.9 Å². The van der Waals surface area contributed by atoms with Crippen LogP contribution >= 0.6 is 0 Å². The molecule has 2 rings (SSSR count). The molecule has 0 bridgehead atoms. The number of alkyl halides is 2.